The van der Waals surface area contributed by atoms with Crippen LogP contribution in [0.3, 0.4) is 0 Å². The molecule has 0 atom stereocenters. The van der Waals surface area contributed by atoms with Gasteiger partial charge in [-0.15, -0.1) is 0 Å². The quantitative estimate of drug-likeness (QED) is 0.537. The average Bonchev–Trinajstić information content (AvgIpc) is 2.63. The van der Waals surface area contributed by atoms with Crippen LogP contribution in [0.5, 0.6) is 0 Å². The first-order chi connectivity index (χ1) is 11.2. The topological polar surface area (TPSA) is 12.4 Å². The lowest BCUT2D eigenvalue weighted by Crippen LogP contribution is -1.95. The molecule has 0 amide bonds. The Hall–Kier alpha value is -2.93. The summed E-state index contributed by atoms with van der Waals surface area (Å²) in [5.74, 6) is 0. The van der Waals surface area contributed by atoms with Crippen molar-refractivity contribution in [2.45, 2.75) is 6.92 Å². The van der Waals surface area contributed by atoms with Crippen LogP contribution in [-0.2, 0) is 0 Å². The summed E-state index contributed by atoms with van der Waals surface area (Å²) in [5.41, 5.74) is 6.36. The molecular formula is C22H19N. The second-order valence-electron chi connectivity index (χ2n) is 5.45. The van der Waals surface area contributed by atoms with Crippen molar-refractivity contribution < 1.29 is 0 Å². The molecule has 0 N–H and O–H groups in total. The Morgan fingerprint density at radius 2 is 1.17 bits per heavy atom. The van der Waals surface area contributed by atoms with E-state index in [-0.39, 0.29) is 0 Å². The predicted molar refractivity (Wildman–Crippen MR) is 99.6 cm³/mol. The lowest BCUT2D eigenvalue weighted by molar-refractivity contribution is 1.48. The molecule has 1 nitrogen and oxygen atoms in total. The molecule has 0 saturated carbocycles. The fraction of sp³-hybridized carbons (Fsp3) is 0.0455. The highest BCUT2D eigenvalue weighted by atomic mass is 14.7. The minimum absolute atomic E-state index is 0.787. The Kier molecular flexibility index (Phi) is 4.49. The van der Waals surface area contributed by atoms with Crippen molar-refractivity contribution in [2.75, 3.05) is 0 Å². The maximum atomic E-state index is 4.64. The minimum Gasteiger partial charge on any atom is -0.253 e. The van der Waals surface area contributed by atoms with Gasteiger partial charge in [0, 0.05) is 5.71 Å². The van der Waals surface area contributed by atoms with Crippen LogP contribution in [-0.4, -0.2) is 5.71 Å². The van der Waals surface area contributed by atoms with Crippen LogP contribution in [0.2, 0.25) is 0 Å². The summed E-state index contributed by atoms with van der Waals surface area (Å²) < 4.78 is 0. The SMILES string of the molecule is C=C(N=C(C)c1ccc(-c2ccccc2)cc1)c1ccccc1. The van der Waals surface area contributed by atoms with Crippen LogP contribution in [0.1, 0.15) is 18.1 Å². The van der Waals surface area contributed by atoms with Crippen LogP contribution in [0.15, 0.2) is 96.5 Å². The Morgan fingerprint density at radius 1 is 0.652 bits per heavy atom. The van der Waals surface area contributed by atoms with Gasteiger partial charge in [0.25, 0.3) is 0 Å². The van der Waals surface area contributed by atoms with Crippen LogP contribution in [0, 0.1) is 0 Å². The lowest BCUT2D eigenvalue weighted by Gasteiger charge is -2.06. The second kappa shape index (κ2) is 6.89. The van der Waals surface area contributed by atoms with Crippen LogP contribution < -0.4 is 0 Å². The Labute approximate surface area is 137 Å². The summed E-state index contributed by atoms with van der Waals surface area (Å²) in [6.45, 7) is 6.09. The third kappa shape index (κ3) is 3.64. The van der Waals surface area contributed by atoms with Gasteiger partial charge >= 0.3 is 0 Å². The number of benzene rings is 3. The zero-order valence-electron chi connectivity index (χ0n) is 13.2. The summed E-state index contributed by atoms with van der Waals surface area (Å²) in [6.07, 6.45) is 0. The summed E-state index contributed by atoms with van der Waals surface area (Å²) in [4.78, 5) is 4.64. The molecule has 3 rings (SSSR count). The molecule has 0 heterocycles. The van der Waals surface area contributed by atoms with Crippen LogP contribution >= 0.6 is 0 Å². The van der Waals surface area contributed by atoms with Gasteiger partial charge in [-0.1, -0.05) is 91.5 Å². The second-order valence-corrected chi connectivity index (χ2v) is 5.45. The van der Waals surface area contributed by atoms with Crippen molar-refractivity contribution >= 4 is 11.4 Å². The highest BCUT2D eigenvalue weighted by molar-refractivity contribution is 6.01. The Morgan fingerprint density at radius 3 is 1.78 bits per heavy atom. The van der Waals surface area contributed by atoms with Crippen molar-refractivity contribution in [3.8, 4) is 11.1 Å². The van der Waals surface area contributed by atoms with Crippen molar-refractivity contribution in [3.05, 3.63) is 103 Å². The summed E-state index contributed by atoms with van der Waals surface area (Å²) in [5, 5.41) is 0. The molecule has 3 aromatic carbocycles. The minimum atomic E-state index is 0.787. The largest absolute Gasteiger partial charge is 0.253 e. The highest BCUT2D eigenvalue weighted by Crippen LogP contribution is 2.20. The molecule has 0 unspecified atom stereocenters. The third-order valence-corrected chi connectivity index (χ3v) is 3.82. The predicted octanol–water partition coefficient (Wildman–Crippen LogP) is 5.83. The van der Waals surface area contributed by atoms with E-state index in [2.05, 4.69) is 60.1 Å². The van der Waals surface area contributed by atoms with Gasteiger partial charge in [-0.3, -0.25) is 4.99 Å². The normalized spacial score (nSPS) is 11.3. The first kappa shape index (κ1) is 15.0. The molecule has 0 spiro atoms. The Balaban J connectivity index is 1.82. The standard InChI is InChI=1S/C22H19N/c1-17(19-9-5-3-6-10-19)23-18(2)20-13-15-22(16-14-20)21-11-7-4-8-12-21/h3-16H,1H2,2H3. The smallest absolute Gasteiger partial charge is 0.0633 e. The number of hydrogen-bond acceptors (Lipinski definition) is 1. The van der Waals surface area contributed by atoms with Crippen LogP contribution in [0.4, 0.5) is 0 Å². The average molecular weight is 297 g/mol. The van der Waals surface area contributed by atoms with Gasteiger partial charge in [-0.25, -0.2) is 0 Å². The zero-order valence-corrected chi connectivity index (χ0v) is 13.2. The van der Waals surface area contributed by atoms with E-state index in [0.717, 1.165) is 22.5 Å². The summed E-state index contributed by atoms with van der Waals surface area (Å²) in [7, 11) is 0. The number of nitrogens with zero attached hydrogens (tertiary/aromatic N) is 1. The highest BCUT2D eigenvalue weighted by Gasteiger charge is 2.02. The van der Waals surface area contributed by atoms with Gasteiger partial charge in [-0.2, -0.15) is 0 Å². The van der Waals surface area contributed by atoms with Crippen molar-refractivity contribution in [1.29, 1.82) is 0 Å². The zero-order chi connectivity index (χ0) is 16.1. The summed E-state index contributed by atoms with van der Waals surface area (Å²) in [6, 6.07) is 28.9. The van der Waals surface area contributed by atoms with Gasteiger partial charge in [0.15, 0.2) is 0 Å². The van der Waals surface area contributed by atoms with E-state index in [1.165, 1.54) is 11.1 Å². The van der Waals surface area contributed by atoms with Gasteiger partial charge in [-0.05, 0) is 29.2 Å². The van der Waals surface area contributed by atoms with Crippen LogP contribution in [0.25, 0.3) is 16.8 Å². The van der Waals surface area contributed by atoms with E-state index in [1.807, 2.05) is 43.3 Å². The van der Waals surface area contributed by atoms with Crippen molar-refractivity contribution in [3.63, 3.8) is 0 Å². The maximum Gasteiger partial charge on any atom is 0.0633 e. The molecule has 0 fully saturated rings. The van der Waals surface area contributed by atoms with E-state index in [4.69, 9.17) is 0 Å². The monoisotopic (exact) mass is 297 g/mol. The fourth-order valence-corrected chi connectivity index (χ4v) is 2.50. The van der Waals surface area contributed by atoms with Gasteiger partial charge in [0.2, 0.25) is 0 Å². The molecular weight excluding hydrogens is 278 g/mol. The van der Waals surface area contributed by atoms with Crippen molar-refractivity contribution in [1.82, 2.24) is 0 Å². The maximum absolute atomic E-state index is 4.64. The van der Waals surface area contributed by atoms with E-state index in [1.54, 1.807) is 0 Å². The molecule has 3 aromatic rings. The number of rotatable bonds is 4. The first-order valence-corrected chi connectivity index (χ1v) is 7.69. The molecule has 0 bridgehead atoms. The fourth-order valence-electron chi connectivity index (χ4n) is 2.50. The Bertz CT molecular complexity index is 813. The molecule has 0 aromatic heterocycles. The van der Waals surface area contributed by atoms with E-state index in [0.29, 0.717) is 0 Å². The molecule has 1 heteroatoms. The molecule has 0 aliphatic heterocycles. The lowest BCUT2D eigenvalue weighted by atomic mass is 10.0. The van der Waals surface area contributed by atoms with Gasteiger partial charge in [0.05, 0.1) is 5.70 Å². The molecule has 0 saturated heterocycles. The van der Waals surface area contributed by atoms with E-state index >= 15 is 0 Å². The van der Waals surface area contributed by atoms with E-state index < -0.39 is 0 Å². The third-order valence-electron chi connectivity index (χ3n) is 3.82. The van der Waals surface area contributed by atoms with Gasteiger partial charge < -0.3 is 0 Å². The molecule has 112 valence electrons. The van der Waals surface area contributed by atoms with E-state index in [9.17, 15) is 0 Å². The van der Waals surface area contributed by atoms with Gasteiger partial charge in [0.1, 0.15) is 0 Å². The van der Waals surface area contributed by atoms with Crippen molar-refractivity contribution in [2.24, 2.45) is 4.99 Å². The first-order valence-electron chi connectivity index (χ1n) is 7.69. The molecule has 0 aliphatic rings. The molecule has 23 heavy (non-hydrogen) atoms. The number of aliphatic imine (C=N–C) groups is 1. The molecule has 0 radical (unpaired) electrons. The summed E-state index contributed by atoms with van der Waals surface area (Å²) >= 11 is 0. The number of hydrogen-bond donors (Lipinski definition) is 0. The molecule has 0 aliphatic carbocycles.